The van der Waals surface area contributed by atoms with Crippen molar-refractivity contribution in [3.63, 3.8) is 0 Å². The van der Waals surface area contributed by atoms with Crippen molar-refractivity contribution in [2.24, 2.45) is 0 Å². The third-order valence-electron chi connectivity index (χ3n) is 3.37. The van der Waals surface area contributed by atoms with Crippen LogP contribution >= 0.6 is 11.3 Å². The number of Topliss-reactive ketones (excluding diaryl/α,β-unsaturated/α-hetero) is 1. The summed E-state index contributed by atoms with van der Waals surface area (Å²) in [6, 6.07) is 0. The highest BCUT2D eigenvalue weighted by molar-refractivity contribution is 7.17. The zero-order valence-electron chi connectivity index (χ0n) is 12.2. The Morgan fingerprint density at radius 3 is 2.42 bits per heavy atom. The van der Waals surface area contributed by atoms with Crippen LogP contribution in [-0.4, -0.2) is 36.4 Å². The van der Waals surface area contributed by atoms with Gasteiger partial charge in [0.1, 0.15) is 4.88 Å². The number of rotatable bonds is 5. The predicted octanol–water partition coefficient (Wildman–Crippen LogP) is 2.76. The van der Waals surface area contributed by atoms with Crippen LogP contribution in [0.2, 0.25) is 0 Å². The summed E-state index contributed by atoms with van der Waals surface area (Å²) in [6.07, 6.45) is 0.923. The topological polar surface area (TPSA) is 59.5 Å². The van der Waals surface area contributed by atoms with Crippen molar-refractivity contribution < 1.29 is 14.3 Å². The smallest absolute Gasteiger partial charge is 0.358 e. The van der Waals surface area contributed by atoms with Gasteiger partial charge in [-0.25, -0.2) is 9.78 Å². The first-order chi connectivity index (χ1) is 8.74. The van der Waals surface area contributed by atoms with Gasteiger partial charge in [0.05, 0.1) is 7.11 Å². The van der Waals surface area contributed by atoms with E-state index in [1.165, 1.54) is 25.4 Å². The molecule has 19 heavy (non-hydrogen) atoms. The van der Waals surface area contributed by atoms with Crippen molar-refractivity contribution >= 4 is 28.2 Å². The molecule has 1 aromatic rings. The molecule has 0 aliphatic carbocycles. The molecule has 0 saturated heterocycles. The molecule has 0 aromatic carbocycles. The first-order valence-electron chi connectivity index (χ1n) is 6.08. The zero-order valence-corrected chi connectivity index (χ0v) is 13.1. The maximum atomic E-state index is 11.6. The highest BCUT2D eigenvalue weighted by Crippen LogP contribution is 2.31. The Kier molecular flexibility index (Phi) is 4.68. The summed E-state index contributed by atoms with van der Waals surface area (Å²) < 4.78 is 4.67. The standard InChI is InChI=1S/C13H20N2O3S/c1-7-13(3,4)15(5)12-14-9(11(17)18-6)10(19-12)8(2)16/h7H2,1-6H3. The lowest BCUT2D eigenvalue weighted by Gasteiger charge is -2.34. The maximum Gasteiger partial charge on any atom is 0.358 e. The number of ketones is 1. The van der Waals surface area contributed by atoms with E-state index in [-0.39, 0.29) is 17.0 Å². The van der Waals surface area contributed by atoms with Crippen LogP contribution in [0, 0.1) is 0 Å². The van der Waals surface area contributed by atoms with Gasteiger partial charge < -0.3 is 9.64 Å². The number of hydrogen-bond acceptors (Lipinski definition) is 6. The van der Waals surface area contributed by atoms with Crippen molar-refractivity contribution in [2.45, 2.75) is 39.7 Å². The molecular formula is C13H20N2O3S. The van der Waals surface area contributed by atoms with E-state index in [9.17, 15) is 9.59 Å². The molecule has 0 bridgehead atoms. The zero-order chi connectivity index (χ0) is 14.8. The lowest BCUT2D eigenvalue weighted by Crippen LogP contribution is -2.40. The molecule has 0 radical (unpaired) electrons. The van der Waals surface area contributed by atoms with E-state index < -0.39 is 5.97 Å². The summed E-state index contributed by atoms with van der Waals surface area (Å²) in [6.45, 7) is 7.67. The van der Waals surface area contributed by atoms with E-state index in [1.54, 1.807) is 0 Å². The number of nitrogens with zero attached hydrogens (tertiary/aromatic N) is 2. The molecule has 0 aliphatic rings. The predicted molar refractivity (Wildman–Crippen MR) is 76.2 cm³/mol. The van der Waals surface area contributed by atoms with Gasteiger partial charge >= 0.3 is 5.97 Å². The Labute approximate surface area is 117 Å². The minimum Gasteiger partial charge on any atom is -0.464 e. The average molecular weight is 284 g/mol. The summed E-state index contributed by atoms with van der Waals surface area (Å²) in [4.78, 5) is 29.8. The summed E-state index contributed by atoms with van der Waals surface area (Å²) in [7, 11) is 3.19. The minimum absolute atomic E-state index is 0.0979. The van der Waals surface area contributed by atoms with Crippen molar-refractivity contribution in [1.29, 1.82) is 0 Å². The quantitative estimate of drug-likeness (QED) is 0.614. The number of ether oxygens (including phenoxy) is 1. The molecule has 6 heteroatoms. The molecule has 106 valence electrons. The fraction of sp³-hybridized carbons (Fsp3) is 0.615. The number of carbonyl (C=O) groups excluding carboxylic acids is 2. The monoisotopic (exact) mass is 284 g/mol. The molecule has 0 amide bonds. The number of carbonyl (C=O) groups is 2. The van der Waals surface area contributed by atoms with Gasteiger partial charge in [0.15, 0.2) is 16.6 Å². The molecule has 0 aliphatic heterocycles. The second-order valence-electron chi connectivity index (χ2n) is 4.95. The van der Waals surface area contributed by atoms with Gasteiger partial charge in [-0.3, -0.25) is 4.79 Å². The maximum absolute atomic E-state index is 11.6. The van der Waals surface area contributed by atoms with Crippen molar-refractivity contribution in [1.82, 2.24) is 4.98 Å². The normalized spacial score (nSPS) is 11.3. The summed E-state index contributed by atoms with van der Waals surface area (Å²) >= 11 is 1.23. The van der Waals surface area contributed by atoms with E-state index in [4.69, 9.17) is 0 Å². The number of methoxy groups -OCH3 is 1. The van der Waals surface area contributed by atoms with E-state index in [0.717, 1.165) is 6.42 Å². The molecule has 0 fully saturated rings. The van der Waals surface area contributed by atoms with Crippen LogP contribution in [0.25, 0.3) is 0 Å². The molecule has 0 unspecified atom stereocenters. The Morgan fingerprint density at radius 2 is 2.00 bits per heavy atom. The van der Waals surface area contributed by atoms with Crippen LogP contribution in [0.1, 0.15) is 54.3 Å². The number of hydrogen-bond donors (Lipinski definition) is 0. The summed E-state index contributed by atoms with van der Waals surface area (Å²) in [5.74, 6) is -0.748. The lowest BCUT2D eigenvalue weighted by atomic mass is 10.0. The van der Waals surface area contributed by atoms with Crippen molar-refractivity contribution in [3.05, 3.63) is 10.6 Å². The molecule has 1 rings (SSSR count). The molecule has 0 spiro atoms. The van der Waals surface area contributed by atoms with Gasteiger partial charge in [0.25, 0.3) is 0 Å². The second kappa shape index (κ2) is 5.69. The van der Waals surface area contributed by atoms with Gasteiger partial charge in [-0.1, -0.05) is 18.3 Å². The number of thiazole rings is 1. The Hall–Kier alpha value is -1.43. The van der Waals surface area contributed by atoms with E-state index in [0.29, 0.717) is 10.0 Å². The lowest BCUT2D eigenvalue weighted by molar-refractivity contribution is 0.0591. The minimum atomic E-state index is -0.574. The van der Waals surface area contributed by atoms with Gasteiger partial charge in [0, 0.05) is 19.5 Å². The van der Waals surface area contributed by atoms with Crippen molar-refractivity contribution in [3.8, 4) is 0 Å². The SMILES string of the molecule is CCC(C)(C)N(C)c1nc(C(=O)OC)c(C(C)=O)s1. The molecular weight excluding hydrogens is 264 g/mol. The summed E-state index contributed by atoms with van der Waals surface area (Å²) in [5.41, 5.74) is 0.00741. The van der Waals surface area contributed by atoms with Gasteiger partial charge in [-0.2, -0.15) is 0 Å². The molecule has 0 N–H and O–H groups in total. The van der Waals surface area contributed by atoms with E-state index in [1.807, 2.05) is 11.9 Å². The molecule has 1 heterocycles. The molecule has 0 saturated carbocycles. The molecule has 1 aromatic heterocycles. The second-order valence-corrected chi connectivity index (χ2v) is 5.92. The number of anilines is 1. The number of esters is 1. The van der Waals surface area contributed by atoms with Crippen LogP contribution in [0.4, 0.5) is 5.13 Å². The first kappa shape index (κ1) is 15.6. The van der Waals surface area contributed by atoms with E-state index >= 15 is 0 Å². The van der Waals surface area contributed by atoms with Gasteiger partial charge in [0.2, 0.25) is 0 Å². The van der Waals surface area contributed by atoms with Crippen LogP contribution in [0.15, 0.2) is 0 Å². The van der Waals surface area contributed by atoms with Crippen LogP contribution in [0.5, 0.6) is 0 Å². The van der Waals surface area contributed by atoms with Crippen LogP contribution < -0.4 is 4.90 Å². The fourth-order valence-corrected chi connectivity index (χ4v) is 2.49. The Bertz CT molecular complexity index is 494. The van der Waals surface area contributed by atoms with E-state index in [2.05, 4.69) is 30.5 Å². The fourth-order valence-electron chi connectivity index (χ4n) is 1.42. The van der Waals surface area contributed by atoms with Gasteiger partial charge in [-0.05, 0) is 20.3 Å². The Balaban J connectivity index is 3.25. The van der Waals surface area contributed by atoms with Crippen molar-refractivity contribution in [2.75, 3.05) is 19.1 Å². The first-order valence-corrected chi connectivity index (χ1v) is 6.90. The Morgan fingerprint density at radius 1 is 1.42 bits per heavy atom. The molecule has 0 atom stereocenters. The number of aromatic nitrogens is 1. The molecule has 5 nitrogen and oxygen atoms in total. The highest BCUT2D eigenvalue weighted by atomic mass is 32.1. The third kappa shape index (κ3) is 3.12. The summed E-state index contributed by atoms with van der Waals surface area (Å²) in [5, 5.41) is 0.650. The van der Waals surface area contributed by atoms with Crippen LogP contribution in [0.3, 0.4) is 0 Å². The third-order valence-corrected chi connectivity index (χ3v) is 4.61. The van der Waals surface area contributed by atoms with Crippen LogP contribution in [-0.2, 0) is 4.74 Å². The van der Waals surface area contributed by atoms with Gasteiger partial charge in [-0.15, -0.1) is 0 Å². The highest BCUT2D eigenvalue weighted by Gasteiger charge is 2.28. The largest absolute Gasteiger partial charge is 0.464 e. The average Bonchev–Trinajstić information content (AvgIpc) is 2.81.